The monoisotopic (exact) mass is 284 g/mol. The molecule has 2 aromatic rings. The molecule has 0 saturated carbocycles. The van der Waals surface area contributed by atoms with Crippen LogP contribution in [0.4, 0.5) is 0 Å². The molecule has 1 aliphatic heterocycles. The van der Waals surface area contributed by atoms with Crippen LogP contribution in [0.25, 0.3) is 0 Å². The summed E-state index contributed by atoms with van der Waals surface area (Å²) in [4.78, 5) is 12.5. The number of aromatic nitrogens is 2. The number of carbonyl (C=O) groups excluding carboxylic acids is 1. The highest BCUT2D eigenvalue weighted by molar-refractivity contribution is 5.84. The lowest BCUT2D eigenvalue weighted by atomic mass is 9.94. The second kappa shape index (κ2) is 6.10. The molecule has 0 bridgehead atoms. The van der Waals surface area contributed by atoms with Gasteiger partial charge in [-0.1, -0.05) is 24.3 Å². The Hall–Kier alpha value is -2.14. The summed E-state index contributed by atoms with van der Waals surface area (Å²) in [7, 11) is 0. The third-order valence-corrected chi connectivity index (χ3v) is 3.78. The van der Waals surface area contributed by atoms with E-state index in [1.807, 2.05) is 42.1 Å². The number of hydrogen-bond donors (Lipinski definition) is 2. The maximum absolute atomic E-state index is 12.5. The summed E-state index contributed by atoms with van der Waals surface area (Å²) in [5.41, 5.74) is 2.35. The second-order valence-electron chi connectivity index (χ2n) is 5.47. The molecule has 1 amide bonds. The quantitative estimate of drug-likeness (QED) is 0.889. The van der Waals surface area contributed by atoms with Crippen LogP contribution in [-0.2, 0) is 17.8 Å². The Kier molecular flexibility index (Phi) is 4.01. The second-order valence-corrected chi connectivity index (χ2v) is 5.47. The molecule has 110 valence electrons. The van der Waals surface area contributed by atoms with Crippen molar-refractivity contribution in [1.29, 1.82) is 0 Å². The van der Waals surface area contributed by atoms with Crippen molar-refractivity contribution in [2.24, 2.45) is 0 Å². The topological polar surface area (TPSA) is 59.0 Å². The van der Waals surface area contributed by atoms with Crippen LogP contribution in [0.1, 0.15) is 24.1 Å². The van der Waals surface area contributed by atoms with Gasteiger partial charge < -0.3 is 10.6 Å². The molecule has 1 aromatic carbocycles. The van der Waals surface area contributed by atoms with E-state index >= 15 is 0 Å². The Labute approximate surface area is 124 Å². The number of benzene rings is 1. The Balaban J connectivity index is 1.66. The molecule has 0 spiro atoms. The summed E-state index contributed by atoms with van der Waals surface area (Å²) in [6.07, 6.45) is 4.62. The van der Waals surface area contributed by atoms with Crippen molar-refractivity contribution in [3.63, 3.8) is 0 Å². The zero-order valence-corrected chi connectivity index (χ0v) is 12.1. The van der Waals surface area contributed by atoms with Gasteiger partial charge in [0.1, 0.15) is 6.04 Å². The number of rotatable bonds is 4. The lowest BCUT2D eigenvalue weighted by Crippen LogP contribution is -2.45. The molecule has 2 atom stereocenters. The molecule has 5 nitrogen and oxygen atoms in total. The van der Waals surface area contributed by atoms with Crippen LogP contribution in [-0.4, -0.2) is 28.3 Å². The number of amides is 1. The zero-order valence-electron chi connectivity index (χ0n) is 12.1. The van der Waals surface area contributed by atoms with Crippen LogP contribution in [0.2, 0.25) is 0 Å². The summed E-state index contributed by atoms with van der Waals surface area (Å²) >= 11 is 0. The van der Waals surface area contributed by atoms with Crippen LogP contribution < -0.4 is 10.6 Å². The number of fused-ring (bicyclic) bond motifs is 1. The minimum Gasteiger partial charge on any atom is -0.350 e. The first-order valence-electron chi connectivity index (χ1n) is 7.33. The van der Waals surface area contributed by atoms with Crippen molar-refractivity contribution in [3.05, 3.63) is 53.9 Å². The summed E-state index contributed by atoms with van der Waals surface area (Å²) in [5, 5.41) is 10.5. The van der Waals surface area contributed by atoms with Gasteiger partial charge in [-0.3, -0.25) is 9.48 Å². The predicted molar refractivity (Wildman–Crippen MR) is 80.7 cm³/mol. The Morgan fingerprint density at radius 3 is 3.14 bits per heavy atom. The molecule has 5 heteroatoms. The average molecular weight is 284 g/mol. The highest BCUT2D eigenvalue weighted by atomic mass is 16.2. The fourth-order valence-corrected chi connectivity index (χ4v) is 2.80. The van der Waals surface area contributed by atoms with Crippen LogP contribution >= 0.6 is 0 Å². The van der Waals surface area contributed by atoms with E-state index < -0.39 is 0 Å². The Bertz CT molecular complexity index is 608. The lowest BCUT2D eigenvalue weighted by Gasteiger charge is -2.27. The summed E-state index contributed by atoms with van der Waals surface area (Å²) in [5.74, 6) is 0.0295. The smallest absolute Gasteiger partial charge is 0.242 e. The van der Waals surface area contributed by atoms with Crippen LogP contribution in [0.15, 0.2) is 42.7 Å². The molecular weight excluding hydrogens is 264 g/mol. The number of hydrogen-bond acceptors (Lipinski definition) is 3. The van der Waals surface area contributed by atoms with Gasteiger partial charge in [-0.25, -0.2) is 0 Å². The lowest BCUT2D eigenvalue weighted by molar-refractivity contribution is -0.124. The third kappa shape index (κ3) is 3.13. The Morgan fingerprint density at radius 1 is 1.48 bits per heavy atom. The molecule has 2 heterocycles. The molecule has 0 saturated heterocycles. The van der Waals surface area contributed by atoms with Gasteiger partial charge in [0.15, 0.2) is 0 Å². The molecule has 21 heavy (non-hydrogen) atoms. The molecule has 2 unspecified atom stereocenters. The fraction of sp³-hybridized carbons (Fsp3) is 0.375. The minimum atomic E-state index is -0.255. The SMILES string of the molecule is CC(Cn1cccn1)NC(=O)C1NCCc2ccccc21. The summed E-state index contributed by atoms with van der Waals surface area (Å²) in [6.45, 7) is 3.50. The van der Waals surface area contributed by atoms with Gasteiger partial charge in [0.05, 0.1) is 6.54 Å². The van der Waals surface area contributed by atoms with Crippen LogP contribution in [0.3, 0.4) is 0 Å². The van der Waals surface area contributed by atoms with E-state index in [2.05, 4.69) is 21.8 Å². The van der Waals surface area contributed by atoms with E-state index in [4.69, 9.17) is 0 Å². The number of nitrogens with zero attached hydrogens (tertiary/aromatic N) is 2. The van der Waals surface area contributed by atoms with Crippen molar-refractivity contribution >= 4 is 5.91 Å². The van der Waals surface area contributed by atoms with E-state index in [0.29, 0.717) is 6.54 Å². The molecule has 2 N–H and O–H groups in total. The van der Waals surface area contributed by atoms with Gasteiger partial charge in [0.25, 0.3) is 0 Å². The van der Waals surface area contributed by atoms with E-state index in [-0.39, 0.29) is 18.0 Å². The molecule has 0 fully saturated rings. The van der Waals surface area contributed by atoms with E-state index in [1.54, 1.807) is 6.20 Å². The normalized spacial score (nSPS) is 18.8. The fourth-order valence-electron chi connectivity index (χ4n) is 2.80. The first-order valence-corrected chi connectivity index (χ1v) is 7.33. The maximum atomic E-state index is 12.5. The van der Waals surface area contributed by atoms with Crippen molar-refractivity contribution in [3.8, 4) is 0 Å². The largest absolute Gasteiger partial charge is 0.350 e. The molecule has 0 radical (unpaired) electrons. The van der Waals surface area contributed by atoms with Gasteiger partial charge in [-0.05, 0) is 30.5 Å². The standard InChI is InChI=1S/C16H20N4O/c1-12(11-20-10-4-8-18-20)19-16(21)15-14-6-3-2-5-13(14)7-9-17-15/h2-6,8,10,12,15,17H,7,9,11H2,1H3,(H,19,21). The summed E-state index contributed by atoms with van der Waals surface area (Å²) < 4.78 is 1.83. The van der Waals surface area contributed by atoms with Crippen molar-refractivity contribution in [1.82, 2.24) is 20.4 Å². The predicted octanol–water partition coefficient (Wildman–Crippen LogP) is 1.27. The van der Waals surface area contributed by atoms with E-state index in [0.717, 1.165) is 18.5 Å². The van der Waals surface area contributed by atoms with Gasteiger partial charge in [-0.2, -0.15) is 5.10 Å². The van der Waals surface area contributed by atoms with Crippen LogP contribution in [0, 0.1) is 0 Å². The van der Waals surface area contributed by atoms with Gasteiger partial charge in [0, 0.05) is 25.0 Å². The highest BCUT2D eigenvalue weighted by Gasteiger charge is 2.26. The Morgan fingerprint density at radius 2 is 2.33 bits per heavy atom. The molecule has 1 aliphatic rings. The maximum Gasteiger partial charge on any atom is 0.242 e. The first kappa shape index (κ1) is 13.8. The van der Waals surface area contributed by atoms with Gasteiger partial charge in [-0.15, -0.1) is 0 Å². The van der Waals surface area contributed by atoms with E-state index in [9.17, 15) is 4.79 Å². The highest BCUT2D eigenvalue weighted by Crippen LogP contribution is 2.22. The molecule has 3 rings (SSSR count). The average Bonchev–Trinajstić information content (AvgIpc) is 2.99. The molecule has 1 aromatic heterocycles. The van der Waals surface area contributed by atoms with Crippen molar-refractivity contribution in [2.45, 2.75) is 32.0 Å². The zero-order chi connectivity index (χ0) is 14.7. The molecular formula is C16H20N4O. The van der Waals surface area contributed by atoms with Crippen molar-refractivity contribution < 1.29 is 4.79 Å². The van der Waals surface area contributed by atoms with E-state index in [1.165, 1.54) is 5.56 Å². The molecule has 0 aliphatic carbocycles. The van der Waals surface area contributed by atoms with Gasteiger partial charge >= 0.3 is 0 Å². The number of nitrogens with one attached hydrogen (secondary N) is 2. The summed E-state index contributed by atoms with van der Waals surface area (Å²) in [6, 6.07) is 9.81. The van der Waals surface area contributed by atoms with Crippen LogP contribution in [0.5, 0.6) is 0 Å². The van der Waals surface area contributed by atoms with Gasteiger partial charge in [0.2, 0.25) is 5.91 Å². The third-order valence-electron chi connectivity index (χ3n) is 3.78. The minimum absolute atomic E-state index is 0.0295. The van der Waals surface area contributed by atoms with Crippen molar-refractivity contribution in [2.75, 3.05) is 6.54 Å². The first-order chi connectivity index (χ1) is 10.2. The number of carbonyl (C=O) groups is 1.